The molecule has 0 aromatic carbocycles. The number of likely N-dealkylation sites (N-methyl/N-ethyl adjacent to an activating group) is 1. The first-order valence-corrected chi connectivity index (χ1v) is 6.20. The van der Waals surface area contributed by atoms with Crippen molar-refractivity contribution >= 4 is 17.5 Å². The Bertz CT molecular complexity index is 688. The zero-order chi connectivity index (χ0) is 15.1. The van der Waals surface area contributed by atoms with Gasteiger partial charge >= 0.3 is 5.97 Å². The predicted molar refractivity (Wildman–Crippen MR) is 73.7 cm³/mol. The molecule has 0 bridgehead atoms. The third kappa shape index (κ3) is 2.24. The first-order valence-electron chi connectivity index (χ1n) is 6.20. The molecule has 20 heavy (non-hydrogen) atoms. The zero-order valence-electron chi connectivity index (χ0n) is 11.9. The number of rotatable bonds is 3. The van der Waals surface area contributed by atoms with E-state index in [9.17, 15) is 9.59 Å². The van der Waals surface area contributed by atoms with Crippen molar-refractivity contribution in [3.63, 3.8) is 0 Å². The van der Waals surface area contributed by atoms with Crippen molar-refractivity contribution in [3.05, 3.63) is 35.8 Å². The summed E-state index contributed by atoms with van der Waals surface area (Å²) in [5, 5.41) is 9.16. The summed E-state index contributed by atoms with van der Waals surface area (Å²) < 4.78 is 1.74. The molecule has 106 valence electrons. The van der Waals surface area contributed by atoms with Gasteiger partial charge in [0.05, 0.1) is 0 Å². The van der Waals surface area contributed by atoms with Crippen molar-refractivity contribution in [2.45, 2.75) is 26.3 Å². The maximum Gasteiger partial charge on any atom is 0.329 e. The van der Waals surface area contributed by atoms with E-state index in [-0.39, 0.29) is 5.69 Å². The average Bonchev–Trinajstić information content (AvgIpc) is 2.79. The van der Waals surface area contributed by atoms with Crippen LogP contribution in [0.1, 0.15) is 29.9 Å². The van der Waals surface area contributed by atoms with Gasteiger partial charge in [-0.3, -0.25) is 4.79 Å². The third-order valence-electron chi connectivity index (χ3n) is 3.50. The Kier molecular flexibility index (Phi) is 3.25. The summed E-state index contributed by atoms with van der Waals surface area (Å²) in [5.74, 6) is -1.48. The third-order valence-corrected chi connectivity index (χ3v) is 3.50. The van der Waals surface area contributed by atoms with Gasteiger partial charge in [-0.25, -0.2) is 9.78 Å². The Hall–Kier alpha value is -2.37. The van der Waals surface area contributed by atoms with Crippen LogP contribution in [0.15, 0.2) is 24.5 Å². The van der Waals surface area contributed by atoms with Crippen LogP contribution < -0.4 is 0 Å². The number of carboxylic acids is 1. The van der Waals surface area contributed by atoms with Crippen molar-refractivity contribution in [3.8, 4) is 0 Å². The number of carbonyl (C=O) groups excluding carboxylic acids is 1. The van der Waals surface area contributed by atoms with E-state index in [0.29, 0.717) is 5.65 Å². The second kappa shape index (κ2) is 4.63. The first-order chi connectivity index (χ1) is 9.23. The Balaban J connectivity index is 2.38. The van der Waals surface area contributed by atoms with E-state index in [0.717, 1.165) is 5.56 Å². The molecular formula is C14H17N3O3. The fourth-order valence-corrected chi connectivity index (χ4v) is 1.76. The zero-order valence-corrected chi connectivity index (χ0v) is 11.9. The molecular weight excluding hydrogens is 258 g/mol. The topological polar surface area (TPSA) is 74.9 Å². The summed E-state index contributed by atoms with van der Waals surface area (Å²) in [5.41, 5.74) is 0.645. The van der Waals surface area contributed by atoms with Gasteiger partial charge in [0, 0.05) is 19.4 Å². The Morgan fingerprint density at radius 2 is 2.05 bits per heavy atom. The highest BCUT2D eigenvalue weighted by molar-refractivity contribution is 5.96. The Morgan fingerprint density at radius 3 is 2.65 bits per heavy atom. The molecule has 0 saturated carbocycles. The maximum atomic E-state index is 12.3. The van der Waals surface area contributed by atoms with Gasteiger partial charge in [0.15, 0.2) is 0 Å². The lowest BCUT2D eigenvalue weighted by Crippen LogP contribution is -2.50. The summed E-state index contributed by atoms with van der Waals surface area (Å²) in [6.45, 7) is 4.90. The van der Waals surface area contributed by atoms with Crippen LogP contribution in [-0.4, -0.2) is 43.9 Å². The van der Waals surface area contributed by atoms with Crippen LogP contribution in [0.25, 0.3) is 5.65 Å². The number of carboxylic acid groups (broad SMARTS) is 1. The fraction of sp³-hybridized carbons (Fsp3) is 0.357. The van der Waals surface area contributed by atoms with Gasteiger partial charge in [-0.2, -0.15) is 0 Å². The van der Waals surface area contributed by atoms with Gasteiger partial charge in [0.2, 0.25) is 0 Å². The van der Waals surface area contributed by atoms with Gasteiger partial charge in [-0.15, -0.1) is 0 Å². The van der Waals surface area contributed by atoms with Gasteiger partial charge in [0.1, 0.15) is 16.9 Å². The Labute approximate surface area is 116 Å². The van der Waals surface area contributed by atoms with Gasteiger partial charge < -0.3 is 14.4 Å². The predicted octanol–water partition coefficient (Wildman–Crippen LogP) is 1.58. The number of hydrogen-bond donors (Lipinski definition) is 1. The van der Waals surface area contributed by atoms with E-state index < -0.39 is 17.4 Å². The minimum Gasteiger partial charge on any atom is -0.480 e. The van der Waals surface area contributed by atoms with Gasteiger partial charge in [-0.1, -0.05) is 0 Å². The second-order valence-electron chi connectivity index (χ2n) is 5.32. The van der Waals surface area contributed by atoms with Gasteiger partial charge in [0.25, 0.3) is 5.91 Å². The summed E-state index contributed by atoms with van der Waals surface area (Å²) in [7, 11) is 1.46. The highest BCUT2D eigenvalue weighted by Gasteiger charge is 2.36. The lowest BCUT2D eigenvalue weighted by Gasteiger charge is -2.30. The van der Waals surface area contributed by atoms with E-state index in [1.165, 1.54) is 25.8 Å². The van der Waals surface area contributed by atoms with Crippen LogP contribution in [0.2, 0.25) is 0 Å². The number of pyridine rings is 1. The molecule has 6 nitrogen and oxygen atoms in total. The number of aryl methyl sites for hydroxylation is 1. The summed E-state index contributed by atoms with van der Waals surface area (Å²) in [4.78, 5) is 29.0. The van der Waals surface area contributed by atoms with E-state index in [1.54, 1.807) is 10.6 Å². The van der Waals surface area contributed by atoms with Crippen LogP contribution in [0.4, 0.5) is 0 Å². The monoisotopic (exact) mass is 275 g/mol. The van der Waals surface area contributed by atoms with Crippen molar-refractivity contribution < 1.29 is 14.7 Å². The normalized spacial score (nSPS) is 11.6. The molecule has 0 aliphatic rings. The van der Waals surface area contributed by atoms with Crippen LogP contribution in [0.3, 0.4) is 0 Å². The quantitative estimate of drug-likeness (QED) is 0.922. The van der Waals surface area contributed by atoms with E-state index >= 15 is 0 Å². The van der Waals surface area contributed by atoms with Crippen molar-refractivity contribution in [1.29, 1.82) is 0 Å². The van der Waals surface area contributed by atoms with Crippen LogP contribution in [0.5, 0.6) is 0 Å². The smallest absolute Gasteiger partial charge is 0.329 e. The molecule has 2 aromatic heterocycles. The number of imidazole rings is 1. The second-order valence-corrected chi connectivity index (χ2v) is 5.32. The largest absolute Gasteiger partial charge is 0.480 e. The van der Waals surface area contributed by atoms with E-state index in [1.807, 2.05) is 25.3 Å². The first kappa shape index (κ1) is 14.0. The number of aromatic nitrogens is 2. The number of hydrogen-bond acceptors (Lipinski definition) is 3. The molecule has 0 spiro atoms. The number of carbonyl (C=O) groups is 2. The molecule has 1 amide bonds. The molecule has 0 atom stereocenters. The molecule has 0 aliphatic carbocycles. The molecule has 2 heterocycles. The number of aliphatic carboxylic acids is 1. The van der Waals surface area contributed by atoms with Gasteiger partial charge in [-0.05, 0) is 38.5 Å². The van der Waals surface area contributed by atoms with Crippen LogP contribution in [-0.2, 0) is 4.79 Å². The average molecular weight is 275 g/mol. The number of nitrogens with zero attached hydrogens (tertiary/aromatic N) is 3. The van der Waals surface area contributed by atoms with Crippen molar-refractivity contribution in [2.75, 3.05) is 7.05 Å². The van der Waals surface area contributed by atoms with Crippen LogP contribution >= 0.6 is 0 Å². The summed E-state index contributed by atoms with van der Waals surface area (Å²) in [6.07, 6.45) is 3.42. The SMILES string of the molecule is Cc1ccn2cc(C(=O)N(C)C(C)(C)C(=O)O)nc2c1. The minimum absolute atomic E-state index is 0.229. The van der Waals surface area contributed by atoms with E-state index in [4.69, 9.17) is 5.11 Å². The highest BCUT2D eigenvalue weighted by atomic mass is 16.4. The summed E-state index contributed by atoms with van der Waals surface area (Å²) >= 11 is 0. The molecule has 2 aromatic rings. The molecule has 0 fully saturated rings. The number of amides is 1. The molecule has 6 heteroatoms. The van der Waals surface area contributed by atoms with E-state index in [2.05, 4.69) is 4.98 Å². The fourth-order valence-electron chi connectivity index (χ4n) is 1.76. The molecule has 2 rings (SSSR count). The minimum atomic E-state index is -1.29. The molecule has 0 aliphatic heterocycles. The summed E-state index contributed by atoms with van der Waals surface area (Å²) in [6, 6.07) is 3.77. The molecule has 0 saturated heterocycles. The molecule has 0 radical (unpaired) electrons. The maximum absolute atomic E-state index is 12.3. The van der Waals surface area contributed by atoms with Crippen LogP contribution in [0, 0.1) is 6.92 Å². The highest BCUT2D eigenvalue weighted by Crippen LogP contribution is 2.17. The molecule has 0 unspecified atom stereocenters. The standard InChI is InChI=1S/C14H17N3O3/c1-9-5-6-17-8-10(15-11(17)7-9)12(18)16(4)14(2,3)13(19)20/h5-8H,1-4H3,(H,19,20). The van der Waals surface area contributed by atoms with Crippen molar-refractivity contribution in [2.24, 2.45) is 0 Å². The Morgan fingerprint density at radius 1 is 1.40 bits per heavy atom. The number of fused-ring (bicyclic) bond motifs is 1. The lowest BCUT2D eigenvalue weighted by atomic mass is 10.0. The lowest BCUT2D eigenvalue weighted by molar-refractivity contribution is -0.147. The molecule has 1 N–H and O–H groups in total. The van der Waals surface area contributed by atoms with Crippen molar-refractivity contribution in [1.82, 2.24) is 14.3 Å².